The van der Waals surface area contributed by atoms with Crippen LogP contribution in [0.3, 0.4) is 0 Å². The van der Waals surface area contributed by atoms with Crippen molar-refractivity contribution in [1.82, 2.24) is 9.80 Å². The number of anilines is 1. The van der Waals surface area contributed by atoms with Crippen LogP contribution in [0.2, 0.25) is 0 Å². The van der Waals surface area contributed by atoms with Crippen molar-refractivity contribution in [2.45, 2.75) is 56.5 Å². The number of piperazine rings is 1. The van der Waals surface area contributed by atoms with E-state index in [0.717, 1.165) is 56.2 Å². The van der Waals surface area contributed by atoms with Gasteiger partial charge in [0.15, 0.2) is 5.78 Å². The van der Waals surface area contributed by atoms with E-state index in [4.69, 9.17) is 9.47 Å². The fourth-order valence-electron chi connectivity index (χ4n) is 5.94. The summed E-state index contributed by atoms with van der Waals surface area (Å²) in [7, 11) is 0. The van der Waals surface area contributed by atoms with Crippen LogP contribution >= 0.6 is 0 Å². The van der Waals surface area contributed by atoms with E-state index in [1.165, 1.54) is 18.2 Å². The molecule has 3 aliphatic rings. The third-order valence-electron chi connectivity index (χ3n) is 8.11. The number of halogens is 4. The summed E-state index contributed by atoms with van der Waals surface area (Å²) in [5.41, 5.74) is -1.16. The first-order chi connectivity index (χ1) is 20.0. The second kappa shape index (κ2) is 12.9. The maximum absolute atomic E-state index is 13.5. The minimum Gasteiger partial charge on any atom is -0.488 e. The molecule has 9 nitrogen and oxygen atoms in total. The first kappa shape index (κ1) is 30.2. The lowest BCUT2D eigenvalue weighted by molar-refractivity contribution is -0.388. The Morgan fingerprint density at radius 1 is 1.05 bits per heavy atom. The Morgan fingerprint density at radius 2 is 1.76 bits per heavy atom. The number of carbonyl (C=O) groups is 1. The third-order valence-corrected chi connectivity index (χ3v) is 8.11. The van der Waals surface area contributed by atoms with Gasteiger partial charge in [-0.3, -0.25) is 24.7 Å². The zero-order valence-corrected chi connectivity index (χ0v) is 23.1. The lowest BCUT2D eigenvalue weighted by Crippen LogP contribution is -2.50. The summed E-state index contributed by atoms with van der Waals surface area (Å²) in [6.07, 6.45) is -1.64. The molecule has 1 N–H and O–H groups in total. The highest BCUT2D eigenvalue weighted by molar-refractivity contribution is 5.81. The smallest absolute Gasteiger partial charge is 0.423 e. The summed E-state index contributed by atoms with van der Waals surface area (Å²) < 4.78 is 65.1. The number of nitro benzene ring substituents is 1. The molecule has 0 bridgehead atoms. The number of hydrogen-bond acceptors (Lipinski definition) is 8. The van der Waals surface area contributed by atoms with Crippen LogP contribution in [0.4, 0.5) is 28.9 Å². The zero-order chi connectivity index (χ0) is 29.9. The van der Waals surface area contributed by atoms with Gasteiger partial charge in [-0.1, -0.05) is 0 Å². The van der Waals surface area contributed by atoms with Crippen molar-refractivity contribution in [1.29, 1.82) is 0 Å². The molecule has 1 saturated heterocycles. The van der Waals surface area contributed by atoms with Crippen molar-refractivity contribution in [3.63, 3.8) is 0 Å². The van der Waals surface area contributed by atoms with Crippen molar-refractivity contribution in [2.75, 3.05) is 51.2 Å². The van der Waals surface area contributed by atoms with E-state index in [0.29, 0.717) is 38.6 Å². The predicted octanol–water partition coefficient (Wildman–Crippen LogP) is 4.68. The van der Waals surface area contributed by atoms with Crippen molar-refractivity contribution in [2.24, 2.45) is 0 Å². The van der Waals surface area contributed by atoms with Gasteiger partial charge in [0.25, 0.3) is 5.69 Å². The van der Waals surface area contributed by atoms with E-state index in [-0.39, 0.29) is 42.1 Å². The van der Waals surface area contributed by atoms with E-state index in [9.17, 15) is 32.5 Å². The van der Waals surface area contributed by atoms with Gasteiger partial charge in [-0.25, -0.2) is 4.39 Å². The monoisotopic (exact) mass is 594 g/mol. The summed E-state index contributed by atoms with van der Waals surface area (Å²) in [4.78, 5) is 26.9. The highest BCUT2D eigenvalue weighted by Gasteiger charge is 2.38. The predicted molar refractivity (Wildman–Crippen MR) is 146 cm³/mol. The van der Waals surface area contributed by atoms with Crippen LogP contribution in [-0.4, -0.2) is 84.6 Å². The molecule has 2 aromatic carbocycles. The molecule has 1 unspecified atom stereocenters. The number of ketones is 1. The number of alkyl halides is 3. The zero-order valence-electron chi connectivity index (χ0n) is 23.1. The molecule has 13 heteroatoms. The number of rotatable bonds is 10. The number of nitro groups is 1. The van der Waals surface area contributed by atoms with Crippen LogP contribution < -0.4 is 10.1 Å². The number of nitrogens with one attached hydrogen (secondary N) is 1. The second-order valence-electron chi connectivity index (χ2n) is 11.2. The standard InChI is InChI=1S/C29H34F4N4O5/c30-20-1-8-28-19(13-20)14-25(42-28)17-36-11-9-35(10-12-36)16-23(38)18-41-24-5-2-21(3-6-24)34-22-4-7-27(37(39)40)26(15-22)29(31,32)33/h1,4,7-8,13,15,21,24-25,34H,2-3,5-6,9-12,14,16-18H2. The molecule has 1 atom stereocenters. The summed E-state index contributed by atoms with van der Waals surface area (Å²) in [5.74, 6) is 0.501. The Hall–Kier alpha value is -3.29. The van der Waals surface area contributed by atoms with Gasteiger partial charge in [0.1, 0.15) is 29.8 Å². The molecule has 0 radical (unpaired) electrons. The van der Waals surface area contributed by atoms with Crippen LogP contribution in [0, 0.1) is 15.9 Å². The van der Waals surface area contributed by atoms with Gasteiger partial charge in [-0.2, -0.15) is 13.2 Å². The Bertz CT molecular complexity index is 1280. The number of fused-ring (bicyclic) bond motifs is 1. The van der Waals surface area contributed by atoms with Gasteiger partial charge in [0, 0.05) is 62.5 Å². The van der Waals surface area contributed by atoms with Gasteiger partial charge >= 0.3 is 6.18 Å². The quantitative estimate of drug-likeness (QED) is 0.241. The maximum atomic E-state index is 13.5. The Morgan fingerprint density at radius 3 is 2.45 bits per heavy atom. The molecule has 228 valence electrons. The van der Waals surface area contributed by atoms with Crippen molar-refractivity contribution >= 4 is 17.2 Å². The Labute approximate surface area is 240 Å². The highest BCUT2D eigenvalue weighted by atomic mass is 19.4. The molecule has 1 saturated carbocycles. The van der Waals surface area contributed by atoms with E-state index in [2.05, 4.69) is 15.1 Å². The van der Waals surface area contributed by atoms with E-state index < -0.39 is 22.4 Å². The molecule has 2 heterocycles. The van der Waals surface area contributed by atoms with Gasteiger partial charge < -0.3 is 14.8 Å². The maximum Gasteiger partial charge on any atom is 0.423 e. The summed E-state index contributed by atoms with van der Waals surface area (Å²) >= 11 is 0. The molecule has 0 amide bonds. The lowest BCUT2D eigenvalue weighted by Gasteiger charge is -2.35. The van der Waals surface area contributed by atoms with Crippen LogP contribution in [0.5, 0.6) is 5.75 Å². The molecule has 5 rings (SSSR count). The van der Waals surface area contributed by atoms with E-state index >= 15 is 0 Å². The molecule has 42 heavy (non-hydrogen) atoms. The molecule has 2 aromatic rings. The molecule has 0 aromatic heterocycles. The number of Topliss-reactive ketones (excluding diaryl/α,β-unsaturated/α-hetero) is 1. The first-order valence-corrected chi connectivity index (χ1v) is 14.2. The van der Waals surface area contributed by atoms with Crippen LogP contribution in [0.1, 0.15) is 36.8 Å². The minimum absolute atomic E-state index is 0.000156. The molecule has 1 aliphatic carbocycles. The van der Waals surface area contributed by atoms with Crippen LogP contribution in [0.25, 0.3) is 0 Å². The fraction of sp³-hybridized carbons (Fsp3) is 0.552. The van der Waals surface area contributed by atoms with Gasteiger partial charge in [-0.15, -0.1) is 0 Å². The normalized spacial score (nSPS) is 23.3. The van der Waals surface area contributed by atoms with Crippen molar-refractivity contribution in [3.8, 4) is 5.75 Å². The highest BCUT2D eigenvalue weighted by Crippen LogP contribution is 2.38. The van der Waals surface area contributed by atoms with Gasteiger partial charge in [0.2, 0.25) is 0 Å². The summed E-state index contributed by atoms with van der Waals surface area (Å²) in [5, 5.41) is 14.0. The average Bonchev–Trinajstić information content (AvgIpc) is 3.34. The molecular weight excluding hydrogens is 560 g/mol. The van der Waals surface area contributed by atoms with E-state index in [1.54, 1.807) is 6.07 Å². The Kier molecular flexibility index (Phi) is 9.28. The topological polar surface area (TPSA) is 97.2 Å². The number of hydrogen-bond donors (Lipinski definition) is 1. The number of carbonyl (C=O) groups excluding carboxylic acids is 1. The third kappa shape index (κ3) is 7.75. The molecular formula is C29H34F4N4O5. The number of ether oxygens (including phenoxy) is 2. The van der Waals surface area contributed by atoms with Crippen molar-refractivity contribution < 1.29 is 36.8 Å². The average molecular weight is 595 g/mol. The summed E-state index contributed by atoms with van der Waals surface area (Å²) in [6.45, 7) is 4.24. The second-order valence-corrected chi connectivity index (χ2v) is 11.2. The minimum atomic E-state index is -4.83. The number of benzene rings is 2. The van der Waals surface area contributed by atoms with Gasteiger partial charge in [-0.05, 0) is 56.0 Å². The summed E-state index contributed by atoms with van der Waals surface area (Å²) in [6, 6.07) is 7.47. The van der Waals surface area contributed by atoms with E-state index in [1.807, 2.05) is 0 Å². The molecule has 2 aliphatic heterocycles. The van der Waals surface area contributed by atoms with Crippen LogP contribution in [-0.2, 0) is 22.1 Å². The first-order valence-electron chi connectivity index (χ1n) is 14.2. The largest absolute Gasteiger partial charge is 0.488 e. The van der Waals surface area contributed by atoms with Gasteiger partial charge in [0.05, 0.1) is 17.6 Å². The molecule has 0 spiro atoms. The van der Waals surface area contributed by atoms with Crippen molar-refractivity contribution in [3.05, 3.63) is 63.5 Å². The SMILES string of the molecule is O=C(COC1CCC(Nc2ccc([N+](=O)[O-])c(C(F)(F)F)c2)CC1)CN1CCN(CC2Cc3cc(F)ccc3O2)CC1. The fourth-order valence-corrected chi connectivity index (χ4v) is 5.94. The Balaban J connectivity index is 0.977. The molecule has 2 fully saturated rings. The van der Waals surface area contributed by atoms with Crippen LogP contribution in [0.15, 0.2) is 36.4 Å². The number of nitrogens with zero attached hydrogens (tertiary/aromatic N) is 3. The lowest BCUT2D eigenvalue weighted by atomic mass is 9.92.